The van der Waals surface area contributed by atoms with Crippen LogP contribution in [0.25, 0.3) is 11.1 Å². The summed E-state index contributed by atoms with van der Waals surface area (Å²) < 4.78 is 0. The second-order valence-electron chi connectivity index (χ2n) is 3.57. The Labute approximate surface area is 95.5 Å². The van der Waals surface area contributed by atoms with Gasteiger partial charge in [0.1, 0.15) is 0 Å². The third-order valence-corrected chi connectivity index (χ3v) is 2.90. The Kier molecular flexibility index (Phi) is 2.79. The molecule has 0 spiro atoms. The molecule has 2 aromatic carbocycles. The summed E-state index contributed by atoms with van der Waals surface area (Å²) in [6.07, 6.45) is 0. The van der Waals surface area contributed by atoms with Crippen molar-refractivity contribution in [2.24, 2.45) is 0 Å². The van der Waals surface area contributed by atoms with Gasteiger partial charge in [-0.2, -0.15) is 0 Å². The molecular weight excluding hydrogens is 204 g/mol. The minimum Gasteiger partial charge on any atom is -0.0837 e. The quantitative estimate of drug-likeness (QED) is 0.657. The first kappa shape index (κ1) is 10.3. The second kappa shape index (κ2) is 4.08. The summed E-state index contributed by atoms with van der Waals surface area (Å²) in [4.78, 5) is 0. The van der Waals surface area contributed by atoms with Gasteiger partial charge in [0.05, 0.1) is 0 Å². The van der Waals surface area contributed by atoms with Gasteiger partial charge in [0.25, 0.3) is 0 Å². The van der Waals surface area contributed by atoms with E-state index in [9.17, 15) is 0 Å². The van der Waals surface area contributed by atoms with Gasteiger partial charge in [0.15, 0.2) is 0 Å². The normalized spacial score (nSPS) is 10.3. The number of hydrogen-bond donors (Lipinski definition) is 0. The van der Waals surface area contributed by atoms with Gasteiger partial charge in [0, 0.05) is 10.6 Å². The zero-order chi connectivity index (χ0) is 10.8. The van der Waals surface area contributed by atoms with Gasteiger partial charge in [-0.05, 0) is 36.6 Å². The summed E-state index contributed by atoms with van der Waals surface area (Å²) in [6, 6.07) is 14.0. The van der Waals surface area contributed by atoms with Gasteiger partial charge < -0.3 is 0 Å². The molecule has 75 valence electrons. The van der Waals surface area contributed by atoms with Gasteiger partial charge in [-0.15, -0.1) is 0 Å². The Bertz CT molecular complexity index is 472. The van der Waals surface area contributed by atoms with Crippen LogP contribution in [-0.2, 0) is 0 Å². The number of halogens is 1. The second-order valence-corrected chi connectivity index (χ2v) is 3.98. The Hall–Kier alpha value is -1.27. The SMILES string of the molecule is [CH2]c1ccc(Cl)c(-c2ccccc2)c1C. The van der Waals surface area contributed by atoms with Crippen molar-refractivity contribution >= 4 is 11.6 Å². The minimum absolute atomic E-state index is 0.783. The van der Waals surface area contributed by atoms with E-state index in [4.69, 9.17) is 11.6 Å². The summed E-state index contributed by atoms with van der Waals surface area (Å²) in [5, 5.41) is 0.783. The number of benzene rings is 2. The highest BCUT2D eigenvalue weighted by Crippen LogP contribution is 2.32. The zero-order valence-corrected chi connectivity index (χ0v) is 9.38. The smallest absolute Gasteiger partial charge is 0.0487 e. The van der Waals surface area contributed by atoms with Gasteiger partial charge >= 0.3 is 0 Å². The highest BCUT2D eigenvalue weighted by molar-refractivity contribution is 6.33. The molecule has 15 heavy (non-hydrogen) atoms. The fourth-order valence-corrected chi connectivity index (χ4v) is 1.99. The van der Waals surface area contributed by atoms with Crippen LogP contribution in [0.3, 0.4) is 0 Å². The first-order valence-electron chi connectivity index (χ1n) is 4.86. The van der Waals surface area contributed by atoms with Crippen molar-refractivity contribution < 1.29 is 0 Å². The van der Waals surface area contributed by atoms with Crippen molar-refractivity contribution in [3.8, 4) is 11.1 Å². The van der Waals surface area contributed by atoms with Crippen molar-refractivity contribution in [2.75, 3.05) is 0 Å². The Balaban J connectivity index is 2.68. The topological polar surface area (TPSA) is 0 Å². The van der Waals surface area contributed by atoms with Crippen LogP contribution >= 0.6 is 11.6 Å². The summed E-state index contributed by atoms with van der Waals surface area (Å²) in [7, 11) is 0. The highest BCUT2D eigenvalue weighted by atomic mass is 35.5. The van der Waals surface area contributed by atoms with Gasteiger partial charge in [-0.3, -0.25) is 0 Å². The van der Waals surface area contributed by atoms with Crippen LogP contribution < -0.4 is 0 Å². The lowest BCUT2D eigenvalue weighted by atomic mass is 9.97. The summed E-state index contributed by atoms with van der Waals surface area (Å²) >= 11 is 6.21. The molecule has 0 fully saturated rings. The molecule has 2 aromatic rings. The van der Waals surface area contributed by atoms with Crippen molar-refractivity contribution in [3.63, 3.8) is 0 Å². The maximum atomic E-state index is 6.21. The summed E-state index contributed by atoms with van der Waals surface area (Å²) in [5.41, 5.74) is 4.40. The molecule has 0 N–H and O–H groups in total. The summed E-state index contributed by atoms with van der Waals surface area (Å²) in [5.74, 6) is 0. The largest absolute Gasteiger partial charge is 0.0837 e. The van der Waals surface area contributed by atoms with E-state index >= 15 is 0 Å². The molecule has 0 heterocycles. The first-order valence-corrected chi connectivity index (χ1v) is 5.24. The van der Waals surface area contributed by atoms with E-state index in [0.717, 1.165) is 27.3 Å². The molecule has 1 radical (unpaired) electrons. The van der Waals surface area contributed by atoms with E-state index in [0.29, 0.717) is 0 Å². The van der Waals surface area contributed by atoms with Crippen molar-refractivity contribution in [1.29, 1.82) is 0 Å². The first-order chi connectivity index (χ1) is 7.20. The maximum Gasteiger partial charge on any atom is 0.0487 e. The molecule has 0 nitrogen and oxygen atoms in total. The predicted molar refractivity (Wildman–Crippen MR) is 66.1 cm³/mol. The van der Waals surface area contributed by atoms with E-state index < -0.39 is 0 Å². The molecular formula is C14H12Cl. The standard InChI is InChI=1S/C14H12Cl/c1-10-8-9-13(15)14(11(10)2)12-6-4-3-5-7-12/h3-9H,1H2,2H3. The van der Waals surface area contributed by atoms with Crippen LogP contribution in [0.5, 0.6) is 0 Å². The third-order valence-electron chi connectivity index (χ3n) is 2.59. The molecule has 0 aromatic heterocycles. The van der Waals surface area contributed by atoms with E-state index in [2.05, 4.69) is 26.0 Å². The molecule has 0 saturated heterocycles. The molecule has 0 unspecified atom stereocenters. The van der Waals surface area contributed by atoms with Gasteiger partial charge in [-0.25, -0.2) is 0 Å². The molecule has 0 aliphatic carbocycles. The van der Waals surface area contributed by atoms with Crippen molar-refractivity contribution in [3.05, 3.63) is 65.5 Å². The molecule has 0 aliphatic rings. The number of rotatable bonds is 1. The fourth-order valence-electron chi connectivity index (χ4n) is 1.68. The van der Waals surface area contributed by atoms with Crippen LogP contribution in [-0.4, -0.2) is 0 Å². The molecule has 0 aliphatic heterocycles. The van der Waals surface area contributed by atoms with E-state index in [-0.39, 0.29) is 0 Å². The lowest BCUT2D eigenvalue weighted by molar-refractivity contribution is 1.41. The molecule has 0 atom stereocenters. The lowest BCUT2D eigenvalue weighted by Crippen LogP contribution is -1.88. The maximum absolute atomic E-state index is 6.21. The van der Waals surface area contributed by atoms with E-state index in [1.165, 1.54) is 0 Å². The van der Waals surface area contributed by atoms with Crippen LogP contribution in [0, 0.1) is 13.8 Å². The van der Waals surface area contributed by atoms with Gasteiger partial charge in [-0.1, -0.05) is 48.0 Å². The van der Waals surface area contributed by atoms with Crippen LogP contribution in [0.4, 0.5) is 0 Å². The van der Waals surface area contributed by atoms with Crippen LogP contribution in [0.2, 0.25) is 5.02 Å². The highest BCUT2D eigenvalue weighted by Gasteiger charge is 2.07. The monoisotopic (exact) mass is 215 g/mol. The van der Waals surface area contributed by atoms with Gasteiger partial charge in [0.2, 0.25) is 0 Å². The van der Waals surface area contributed by atoms with Crippen molar-refractivity contribution in [2.45, 2.75) is 6.92 Å². The van der Waals surface area contributed by atoms with E-state index in [1.807, 2.05) is 30.3 Å². The average Bonchev–Trinajstić information content (AvgIpc) is 2.26. The Morgan fingerprint density at radius 3 is 2.33 bits per heavy atom. The minimum atomic E-state index is 0.783. The predicted octanol–water partition coefficient (Wildman–Crippen LogP) is 4.50. The molecule has 0 amide bonds. The molecule has 0 bridgehead atoms. The number of hydrogen-bond acceptors (Lipinski definition) is 0. The summed E-state index contributed by atoms with van der Waals surface area (Å²) in [6.45, 7) is 6.04. The molecule has 1 heteroatoms. The van der Waals surface area contributed by atoms with Crippen LogP contribution in [0.1, 0.15) is 11.1 Å². The fraction of sp³-hybridized carbons (Fsp3) is 0.0714. The average molecular weight is 216 g/mol. The lowest BCUT2D eigenvalue weighted by Gasteiger charge is -2.10. The van der Waals surface area contributed by atoms with Crippen LogP contribution in [0.15, 0.2) is 42.5 Å². The zero-order valence-electron chi connectivity index (χ0n) is 8.63. The molecule has 0 saturated carbocycles. The van der Waals surface area contributed by atoms with E-state index in [1.54, 1.807) is 0 Å². The van der Waals surface area contributed by atoms with Crippen molar-refractivity contribution in [1.82, 2.24) is 0 Å². The third kappa shape index (κ3) is 1.91. The Morgan fingerprint density at radius 1 is 1.00 bits per heavy atom. The Morgan fingerprint density at radius 2 is 1.67 bits per heavy atom. The molecule has 2 rings (SSSR count).